The standard InChI is InChI=1S/C12H14N2O2/c1-8(2)11-13-14-12(16-11)9-5-4-6-10(7-9)15-3/h4-8H,1-3H3. The Bertz CT molecular complexity index is 477. The zero-order valence-electron chi connectivity index (χ0n) is 9.60. The molecule has 1 aromatic carbocycles. The minimum Gasteiger partial charge on any atom is -0.497 e. The number of aromatic nitrogens is 2. The van der Waals surface area contributed by atoms with Crippen LogP contribution in [0.4, 0.5) is 0 Å². The fourth-order valence-electron chi connectivity index (χ4n) is 1.34. The van der Waals surface area contributed by atoms with E-state index in [9.17, 15) is 0 Å². The van der Waals surface area contributed by atoms with Crippen molar-refractivity contribution in [2.24, 2.45) is 0 Å². The third-order valence-corrected chi connectivity index (χ3v) is 2.25. The first kappa shape index (κ1) is 10.7. The van der Waals surface area contributed by atoms with Gasteiger partial charge in [-0.15, -0.1) is 10.2 Å². The van der Waals surface area contributed by atoms with Gasteiger partial charge < -0.3 is 9.15 Å². The summed E-state index contributed by atoms with van der Waals surface area (Å²) < 4.78 is 10.7. The van der Waals surface area contributed by atoms with Crippen molar-refractivity contribution in [2.45, 2.75) is 19.8 Å². The maximum atomic E-state index is 5.55. The van der Waals surface area contributed by atoms with Crippen molar-refractivity contribution < 1.29 is 9.15 Å². The van der Waals surface area contributed by atoms with Crippen LogP contribution in [0.25, 0.3) is 11.5 Å². The molecule has 0 spiro atoms. The van der Waals surface area contributed by atoms with Crippen LogP contribution in [0, 0.1) is 0 Å². The van der Waals surface area contributed by atoms with Gasteiger partial charge in [0.1, 0.15) is 5.75 Å². The highest BCUT2D eigenvalue weighted by atomic mass is 16.5. The molecule has 0 atom stereocenters. The molecule has 0 aliphatic carbocycles. The average Bonchev–Trinajstić information content (AvgIpc) is 2.78. The van der Waals surface area contributed by atoms with Crippen LogP contribution in [0.5, 0.6) is 5.75 Å². The van der Waals surface area contributed by atoms with Crippen LogP contribution in [-0.4, -0.2) is 17.3 Å². The molecule has 4 heteroatoms. The van der Waals surface area contributed by atoms with Gasteiger partial charge in [-0.3, -0.25) is 0 Å². The quantitative estimate of drug-likeness (QED) is 0.794. The molecule has 0 fully saturated rings. The fraction of sp³-hybridized carbons (Fsp3) is 0.333. The summed E-state index contributed by atoms with van der Waals surface area (Å²) in [4.78, 5) is 0. The van der Waals surface area contributed by atoms with Crippen molar-refractivity contribution in [3.05, 3.63) is 30.2 Å². The van der Waals surface area contributed by atoms with Gasteiger partial charge in [-0.05, 0) is 18.2 Å². The Balaban J connectivity index is 2.34. The lowest BCUT2D eigenvalue weighted by Gasteiger charge is -2.00. The summed E-state index contributed by atoms with van der Waals surface area (Å²) in [5.41, 5.74) is 0.874. The van der Waals surface area contributed by atoms with E-state index < -0.39 is 0 Å². The van der Waals surface area contributed by atoms with Crippen molar-refractivity contribution in [1.82, 2.24) is 10.2 Å². The third-order valence-electron chi connectivity index (χ3n) is 2.25. The fourth-order valence-corrected chi connectivity index (χ4v) is 1.34. The topological polar surface area (TPSA) is 48.2 Å². The molecule has 2 rings (SSSR count). The van der Waals surface area contributed by atoms with E-state index in [0.717, 1.165) is 11.3 Å². The van der Waals surface area contributed by atoms with Gasteiger partial charge in [-0.1, -0.05) is 19.9 Å². The van der Waals surface area contributed by atoms with Crippen LogP contribution in [0.1, 0.15) is 25.7 Å². The van der Waals surface area contributed by atoms with Crippen LogP contribution >= 0.6 is 0 Å². The lowest BCUT2D eigenvalue weighted by Crippen LogP contribution is -1.85. The van der Waals surface area contributed by atoms with Gasteiger partial charge in [-0.25, -0.2) is 0 Å². The van der Waals surface area contributed by atoms with E-state index in [2.05, 4.69) is 10.2 Å². The molecule has 1 aromatic heterocycles. The Labute approximate surface area is 94.3 Å². The third kappa shape index (κ3) is 2.05. The molecule has 0 saturated carbocycles. The summed E-state index contributed by atoms with van der Waals surface area (Å²) in [6.45, 7) is 4.03. The Kier molecular flexibility index (Phi) is 2.90. The molecule has 4 nitrogen and oxygen atoms in total. The molecular formula is C12H14N2O2. The molecule has 0 N–H and O–H groups in total. The van der Waals surface area contributed by atoms with E-state index in [-0.39, 0.29) is 5.92 Å². The molecule has 0 amide bonds. The lowest BCUT2D eigenvalue weighted by atomic mass is 10.2. The van der Waals surface area contributed by atoms with E-state index >= 15 is 0 Å². The highest BCUT2D eigenvalue weighted by Gasteiger charge is 2.11. The van der Waals surface area contributed by atoms with Crippen LogP contribution < -0.4 is 4.74 Å². The molecule has 0 radical (unpaired) electrons. The summed E-state index contributed by atoms with van der Waals surface area (Å²) in [6, 6.07) is 7.56. The molecule has 1 heterocycles. The predicted molar refractivity (Wildman–Crippen MR) is 60.4 cm³/mol. The number of ether oxygens (including phenoxy) is 1. The van der Waals surface area contributed by atoms with Gasteiger partial charge in [0.2, 0.25) is 11.8 Å². The van der Waals surface area contributed by atoms with Crippen molar-refractivity contribution in [2.75, 3.05) is 7.11 Å². The molecule has 84 valence electrons. The second-order valence-corrected chi connectivity index (χ2v) is 3.83. The Morgan fingerprint density at radius 3 is 2.69 bits per heavy atom. The van der Waals surface area contributed by atoms with E-state index in [1.165, 1.54) is 0 Å². The second kappa shape index (κ2) is 4.35. The molecule has 0 aliphatic heterocycles. The molecule has 0 bridgehead atoms. The summed E-state index contributed by atoms with van der Waals surface area (Å²) in [5.74, 6) is 2.20. The van der Waals surface area contributed by atoms with Crippen LogP contribution in [-0.2, 0) is 0 Å². The maximum Gasteiger partial charge on any atom is 0.247 e. The molecule has 0 unspecified atom stereocenters. The summed E-state index contributed by atoms with van der Waals surface area (Å²) in [6.07, 6.45) is 0. The highest BCUT2D eigenvalue weighted by Crippen LogP contribution is 2.24. The minimum absolute atomic E-state index is 0.242. The first-order chi connectivity index (χ1) is 7.70. The molecular weight excluding hydrogens is 204 g/mol. The van der Waals surface area contributed by atoms with Crippen LogP contribution in [0.3, 0.4) is 0 Å². The van der Waals surface area contributed by atoms with E-state index in [4.69, 9.17) is 9.15 Å². The van der Waals surface area contributed by atoms with E-state index in [1.807, 2.05) is 38.1 Å². The van der Waals surface area contributed by atoms with Gasteiger partial charge in [0.05, 0.1) is 7.11 Å². The number of methoxy groups -OCH3 is 1. The Morgan fingerprint density at radius 1 is 1.25 bits per heavy atom. The van der Waals surface area contributed by atoms with E-state index in [1.54, 1.807) is 7.11 Å². The Morgan fingerprint density at radius 2 is 2.06 bits per heavy atom. The highest BCUT2D eigenvalue weighted by molar-refractivity contribution is 5.55. The second-order valence-electron chi connectivity index (χ2n) is 3.83. The van der Waals surface area contributed by atoms with Crippen molar-refractivity contribution in [1.29, 1.82) is 0 Å². The zero-order chi connectivity index (χ0) is 11.5. The molecule has 2 aromatic rings. The Hall–Kier alpha value is -1.84. The number of hydrogen-bond donors (Lipinski definition) is 0. The normalized spacial score (nSPS) is 10.8. The first-order valence-electron chi connectivity index (χ1n) is 5.18. The number of hydrogen-bond acceptors (Lipinski definition) is 4. The van der Waals surface area contributed by atoms with E-state index in [0.29, 0.717) is 11.8 Å². The number of benzene rings is 1. The van der Waals surface area contributed by atoms with Crippen LogP contribution in [0.2, 0.25) is 0 Å². The summed E-state index contributed by atoms with van der Waals surface area (Å²) >= 11 is 0. The van der Waals surface area contributed by atoms with Gasteiger partial charge in [0.15, 0.2) is 0 Å². The summed E-state index contributed by atoms with van der Waals surface area (Å²) in [5, 5.41) is 8.00. The SMILES string of the molecule is COc1cccc(-c2nnc(C(C)C)o2)c1. The van der Waals surface area contributed by atoms with Crippen LogP contribution in [0.15, 0.2) is 28.7 Å². The first-order valence-corrected chi connectivity index (χ1v) is 5.18. The molecule has 0 aliphatic rings. The summed E-state index contributed by atoms with van der Waals surface area (Å²) in [7, 11) is 1.63. The largest absolute Gasteiger partial charge is 0.497 e. The molecule has 0 saturated heterocycles. The van der Waals surface area contributed by atoms with Crippen molar-refractivity contribution in [3.8, 4) is 17.2 Å². The lowest BCUT2D eigenvalue weighted by molar-refractivity contribution is 0.414. The number of rotatable bonds is 3. The smallest absolute Gasteiger partial charge is 0.247 e. The average molecular weight is 218 g/mol. The predicted octanol–water partition coefficient (Wildman–Crippen LogP) is 2.87. The minimum atomic E-state index is 0.242. The zero-order valence-corrected chi connectivity index (χ0v) is 9.60. The van der Waals surface area contributed by atoms with Gasteiger partial charge in [-0.2, -0.15) is 0 Å². The molecule has 16 heavy (non-hydrogen) atoms. The van der Waals surface area contributed by atoms with Gasteiger partial charge in [0, 0.05) is 11.5 Å². The van der Waals surface area contributed by atoms with Gasteiger partial charge >= 0.3 is 0 Å². The van der Waals surface area contributed by atoms with Crippen molar-refractivity contribution >= 4 is 0 Å². The van der Waals surface area contributed by atoms with Crippen molar-refractivity contribution in [3.63, 3.8) is 0 Å². The van der Waals surface area contributed by atoms with Gasteiger partial charge in [0.25, 0.3) is 0 Å². The maximum absolute atomic E-state index is 5.55. The monoisotopic (exact) mass is 218 g/mol. The number of nitrogens with zero attached hydrogens (tertiary/aromatic N) is 2.